The van der Waals surface area contributed by atoms with E-state index < -0.39 is 11.8 Å². The predicted molar refractivity (Wildman–Crippen MR) is 80.5 cm³/mol. The van der Waals surface area contributed by atoms with Crippen molar-refractivity contribution in [3.63, 3.8) is 0 Å². The molecule has 2 rings (SSSR count). The Hall–Kier alpha value is -2.40. The maximum Gasteiger partial charge on any atom is 0.323 e. The summed E-state index contributed by atoms with van der Waals surface area (Å²) in [6, 6.07) is 10.1. The summed E-state index contributed by atoms with van der Waals surface area (Å²) in [5, 5.41) is 4.80. The summed E-state index contributed by atoms with van der Waals surface area (Å²) < 4.78 is 13.7. The number of halogens is 2. The first kappa shape index (κ1) is 15.0. The number of amides is 2. The molecular formula is C15H12ClFN2O2. The Bertz CT molecular complexity index is 704. The molecule has 0 aliphatic rings. The fourth-order valence-electron chi connectivity index (χ4n) is 1.70. The Morgan fingerprint density at radius 3 is 2.52 bits per heavy atom. The summed E-state index contributed by atoms with van der Waals surface area (Å²) in [5.41, 5.74) is 0.882. The van der Waals surface area contributed by atoms with Gasteiger partial charge < -0.3 is 10.6 Å². The van der Waals surface area contributed by atoms with E-state index in [9.17, 15) is 14.0 Å². The lowest BCUT2D eigenvalue weighted by atomic mass is 10.1. The molecule has 4 nitrogen and oxygen atoms in total. The maximum absolute atomic E-state index is 13.7. The minimum absolute atomic E-state index is 0.0253. The molecule has 0 heterocycles. The number of benzene rings is 2. The van der Waals surface area contributed by atoms with Crippen molar-refractivity contribution in [2.24, 2.45) is 0 Å². The largest absolute Gasteiger partial charge is 0.323 e. The van der Waals surface area contributed by atoms with E-state index in [0.29, 0.717) is 11.3 Å². The second kappa shape index (κ2) is 6.37. The van der Waals surface area contributed by atoms with E-state index in [1.54, 1.807) is 18.2 Å². The van der Waals surface area contributed by atoms with Crippen LogP contribution in [0.2, 0.25) is 5.02 Å². The molecule has 0 bridgehead atoms. The molecule has 0 saturated heterocycles. The summed E-state index contributed by atoms with van der Waals surface area (Å²) in [6.07, 6.45) is 0. The zero-order valence-electron chi connectivity index (χ0n) is 11.1. The Labute approximate surface area is 125 Å². The molecule has 2 N–H and O–H groups in total. The summed E-state index contributed by atoms with van der Waals surface area (Å²) >= 11 is 5.63. The van der Waals surface area contributed by atoms with Crippen LogP contribution in [0.15, 0.2) is 42.5 Å². The minimum Gasteiger partial charge on any atom is -0.308 e. The van der Waals surface area contributed by atoms with Crippen LogP contribution in [0.25, 0.3) is 0 Å². The zero-order valence-corrected chi connectivity index (χ0v) is 11.9. The molecule has 21 heavy (non-hydrogen) atoms. The number of nitrogens with one attached hydrogen (secondary N) is 2. The van der Waals surface area contributed by atoms with E-state index in [-0.39, 0.29) is 16.5 Å². The van der Waals surface area contributed by atoms with E-state index in [2.05, 4.69) is 10.6 Å². The third kappa shape index (κ3) is 3.79. The van der Waals surface area contributed by atoms with Gasteiger partial charge in [0.1, 0.15) is 0 Å². The highest BCUT2D eigenvalue weighted by atomic mass is 35.5. The molecule has 2 aromatic rings. The summed E-state index contributed by atoms with van der Waals surface area (Å²) in [7, 11) is 0. The fourth-order valence-corrected chi connectivity index (χ4v) is 1.88. The van der Waals surface area contributed by atoms with Crippen molar-refractivity contribution in [2.75, 3.05) is 10.6 Å². The number of carbonyl (C=O) groups is 2. The van der Waals surface area contributed by atoms with Crippen molar-refractivity contribution in [1.29, 1.82) is 0 Å². The van der Waals surface area contributed by atoms with E-state index >= 15 is 0 Å². The van der Waals surface area contributed by atoms with Crippen molar-refractivity contribution >= 4 is 34.8 Å². The molecule has 0 saturated carbocycles. The van der Waals surface area contributed by atoms with Crippen molar-refractivity contribution in [3.05, 3.63) is 58.9 Å². The Balaban J connectivity index is 2.10. The molecule has 6 heteroatoms. The molecule has 0 aromatic heterocycles. The van der Waals surface area contributed by atoms with Gasteiger partial charge in [-0.25, -0.2) is 9.18 Å². The van der Waals surface area contributed by atoms with Crippen LogP contribution in [-0.2, 0) is 0 Å². The molecule has 2 amide bonds. The van der Waals surface area contributed by atoms with Gasteiger partial charge in [0.25, 0.3) is 0 Å². The lowest BCUT2D eigenvalue weighted by molar-refractivity contribution is 0.101. The number of anilines is 2. The third-order valence-electron chi connectivity index (χ3n) is 2.73. The van der Waals surface area contributed by atoms with Gasteiger partial charge in [0.05, 0.1) is 10.7 Å². The third-order valence-corrected chi connectivity index (χ3v) is 3.02. The number of rotatable bonds is 3. The van der Waals surface area contributed by atoms with Crippen LogP contribution in [0.5, 0.6) is 0 Å². The standard InChI is InChI=1S/C15H12ClFN2O2/c1-9(20)10-4-2-5-11(8-10)18-15(21)19-13-7-3-6-12(16)14(13)17/h2-8H,1H3,(H2,18,19,21). The van der Waals surface area contributed by atoms with Crippen molar-refractivity contribution < 1.29 is 14.0 Å². The molecular weight excluding hydrogens is 295 g/mol. The highest BCUT2D eigenvalue weighted by Crippen LogP contribution is 2.22. The van der Waals surface area contributed by atoms with Gasteiger partial charge in [0.15, 0.2) is 11.6 Å². The molecule has 0 spiro atoms. The average Bonchev–Trinajstić information content (AvgIpc) is 2.44. The normalized spacial score (nSPS) is 10.0. The lowest BCUT2D eigenvalue weighted by Crippen LogP contribution is -2.20. The van der Waals surface area contributed by atoms with Crippen molar-refractivity contribution in [1.82, 2.24) is 0 Å². The van der Waals surface area contributed by atoms with Crippen LogP contribution in [0.1, 0.15) is 17.3 Å². The Kier molecular flexibility index (Phi) is 4.55. The first-order valence-electron chi connectivity index (χ1n) is 6.10. The van der Waals surface area contributed by atoms with Gasteiger partial charge in [-0.1, -0.05) is 29.8 Å². The topological polar surface area (TPSA) is 58.2 Å². The lowest BCUT2D eigenvalue weighted by Gasteiger charge is -2.09. The Morgan fingerprint density at radius 2 is 1.81 bits per heavy atom. The molecule has 108 valence electrons. The quantitative estimate of drug-likeness (QED) is 0.829. The second-order valence-corrected chi connectivity index (χ2v) is 4.72. The fraction of sp³-hybridized carbons (Fsp3) is 0.0667. The molecule has 0 atom stereocenters. The highest BCUT2D eigenvalue weighted by Gasteiger charge is 2.10. The predicted octanol–water partition coefficient (Wildman–Crippen LogP) is 4.33. The van der Waals surface area contributed by atoms with Gasteiger partial charge in [-0.3, -0.25) is 4.79 Å². The first-order chi connectivity index (χ1) is 9.97. The smallest absolute Gasteiger partial charge is 0.308 e. The molecule has 0 radical (unpaired) electrons. The van der Waals surface area contributed by atoms with Gasteiger partial charge >= 0.3 is 6.03 Å². The maximum atomic E-state index is 13.7. The number of Topliss-reactive ketones (excluding diaryl/α,β-unsaturated/α-hetero) is 1. The number of ketones is 1. The monoisotopic (exact) mass is 306 g/mol. The van der Waals surface area contributed by atoms with Crippen LogP contribution < -0.4 is 10.6 Å². The van der Waals surface area contributed by atoms with Crippen molar-refractivity contribution in [3.8, 4) is 0 Å². The van der Waals surface area contributed by atoms with Gasteiger partial charge in [-0.2, -0.15) is 0 Å². The SMILES string of the molecule is CC(=O)c1cccc(NC(=O)Nc2cccc(Cl)c2F)c1. The minimum atomic E-state index is -0.702. The van der Waals surface area contributed by atoms with Crippen LogP contribution in [0.3, 0.4) is 0 Å². The van der Waals surface area contributed by atoms with Gasteiger partial charge in [0, 0.05) is 11.3 Å². The molecule has 0 aliphatic heterocycles. The average molecular weight is 307 g/mol. The summed E-state index contributed by atoms with van der Waals surface area (Å²) in [4.78, 5) is 23.1. The number of hydrogen-bond acceptors (Lipinski definition) is 2. The first-order valence-corrected chi connectivity index (χ1v) is 6.48. The highest BCUT2D eigenvalue weighted by molar-refractivity contribution is 6.31. The molecule has 0 unspecified atom stereocenters. The van der Waals surface area contributed by atoms with Gasteiger partial charge in [-0.05, 0) is 31.2 Å². The molecule has 2 aromatic carbocycles. The van der Waals surface area contributed by atoms with Crippen LogP contribution in [0.4, 0.5) is 20.6 Å². The van der Waals surface area contributed by atoms with Gasteiger partial charge in [-0.15, -0.1) is 0 Å². The van der Waals surface area contributed by atoms with Crippen LogP contribution >= 0.6 is 11.6 Å². The number of urea groups is 1. The second-order valence-electron chi connectivity index (χ2n) is 4.32. The Morgan fingerprint density at radius 1 is 1.10 bits per heavy atom. The number of hydrogen-bond donors (Lipinski definition) is 2. The van der Waals surface area contributed by atoms with Crippen molar-refractivity contribution in [2.45, 2.75) is 6.92 Å². The van der Waals surface area contributed by atoms with E-state index in [1.165, 1.54) is 31.2 Å². The van der Waals surface area contributed by atoms with Crippen LogP contribution in [-0.4, -0.2) is 11.8 Å². The summed E-state index contributed by atoms with van der Waals surface area (Å²) in [5.74, 6) is -0.813. The van der Waals surface area contributed by atoms with E-state index in [0.717, 1.165) is 0 Å². The molecule has 0 fully saturated rings. The summed E-state index contributed by atoms with van der Waals surface area (Å²) in [6.45, 7) is 1.43. The van der Waals surface area contributed by atoms with Crippen LogP contribution in [0, 0.1) is 5.82 Å². The number of carbonyl (C=O) groups excluding carboxylic acids is 2. The van der Waals surface area contributed by atoms with E-state index in [4.69, 9.17) is 11.6 Å². The van der Waals surface area contributed by atoms with E-state index in [1.807, 2.05) is 0 Å². The van der Waals surface area contributed by atoms with Gasteiger partial charge in [0.2, 0.25) is 0 Å². The zero-order chi connectivity index (χ0) is 15.4. The molecule has 0 aliphatic carbocycles.